The van der Waals surface area contributed by atoms with E-state index in [1.54, 1.807) is 23.7 Å². The molecule has 1 fully saturated rings. The normalized spacial score (nSPS) is 14.4. The fraction of sp³-hybridized carbons (Fsp3) is 0.238. The SMILES string of the molecule is Cc1c(-c2c[c]ccc2)sc2c(N3CCOCC3)nc(-c3cnc(N)nc3)nc12. The van der Waals surface area contributed by atoms with Gasteiger partial charge >= 0.3 is 0 Å². The van der Waals surface area contributed by atoms with E-state index in [1.807, 2.05) is 18.2 Å². The molecule has 0 aliphatic carbocycles. The zero-order chi connectivity index (χ0) is 19.8. The van der Waals surface area contributed by atoms with E-state index in [1.165, 1.54) is 4.88 Å². The summed E-state index contributed by atoms with van der Waals surface area (Å²) in [5.41, 5.74) is 9.62. The number of hydrogen-bond acceptors (Lipinski definition) is 8. The van der Waals surface area contributed by atoms with Crippen LogP contribution in [0.15, 0.2) is 36.7 Å². The number of morpholine rings is 1. The van der Waals surface area contributed by atoms with Gasteiger partial charge in [-0.2, -0.15) is 0 Å². The maximum absolute atomic E-state index is 5.65. The molecule has 29 heavy (non-hydrogen) atoms. The van der Waals surface area contributed by atoms with Crippen LogP contribution >= 0.6 is 11.3 Å². The number of nitrogens with zero attached hydrogens (tertiary/aromatic N) is 5. The van der Waals surface area contributed by atoms with Crippen molar-refractivity contribution in [1.82, 2.24) is 19.9 Å². The number of benzene rings is 1. The summed E-state index contributed by atoms with van der Waals surface area (Å²) in [5, 5.41) is 0. The van der Waals surface area contributed by atoms with Gasteiger partial charge in [-0.1, -0.05) is 18.2 Å². The molecule has 145 valence electrons. The van der Waals surface area contributed by atoms with Crippen LogP contribution in [0.3, 0.4) is 0 Å². The zero-order valence-corrected chi connectivity index (χ0v) is 16.7. The van der Waals surface area contributed by atoms with Gasteiger partial charge < -0.3 is 15.4 Å². The molecule has 1 aliphatic rings. The molecule has 0 unspecified atom stereocenters. The van der Waals surface area contributed by atoms with E-state index in [4.69, 9.17) is 20.4 Å². The van der Waals surface area contributed by atoms with Crippen molar-refractivity contribution in [2.45, 2.75) is 6.92 Å². The van der Waals surface area contributed by atoms with Gasteiger partial charge in [0, 0.05) is 30.4 Å². The van der Waals surface area contributed by atoms with Crippen molar-refractivity contribution in [1.29, 1.82) is 0 Å². The van der Waals surface area contributed by atoms with Gasteiger partial charge in [-0.15, -0.1) is 11.3 Å². The van der Waals surface area contributed by atoms with Crippen molar-refractivity contribution >= 4 is 33.3 Å². The molecule has 1 aromatic carbocycles. The van der Waals surface area contributed by atoms with Crippen molar-refractivity contribution < 1.29 is 4.74 Å². The van der Waals surface area contributed by atoms with Gasteiger partial charge in [0.15, 0.2) is 11.6 Å². The van der Waals surface area contributed by atoms with Crippen LogP contribution in [0.5, 0.6) is 0 Å². The number of nitrogen functional groups attached to an aromatic ring is 1. The molecule has 1 saturated heterocycles. The molecule has 7 nitrogen and oxygen atoms in total. The summed E-state index contributed by atoms with van der Waals surface area (Å²) < 4.78 is 6.63. The summed E-state index contributed by atoms with van der Waals surface area (Å²) in [4.78, 5) is 21.5. The molecule has 3 aromatic heterocycles. The number of aromatic nitrogens is 4. The van der Waals surface area contributed by atoms with E-state index in [-0.39, 0.29) is 5.95 Å². The first-order valence-corrected chi connectivity index (χ1v) is 10.2. The Morgan fingerprint density at radius 2 is 1.93 bits per heavy atom. The Labute approximate surface area is 172 Å². The lowest BCUT2D eigenvalue weighted by molar-refractivity contribution is 0.122. The highest BCUT2D eigenvalue weighted by atomic mass is 32.1. The van der Waals surface area contributed by atoms with E-state index in [2.05, 4.69) is 33.9 Å². The van der Waals surface area contributed by atoms with E-state index in [9.17, 15) is 0 Å². The van der Waals surface area contributed by atoms with Crippen molar-refractivity contribution in [3.8, 4) is 21.8 Å². The summed E-state index contributed by atoms with van der Waals surface area (Å²) in [6.45, 7) is 5.10. The number of nitrogens with two attached hydrogens (primary N) is 1. The molecule has 0 spiro atoms. The summed E-state index contributed by atoms with van der Waals surface area (Å²) in [7, 11) is 0. The largest absolute Gasteiger partial charge is 0.378 e. The molecule has 0 atom stereocenters. The number of hydrogen-bond donors (Lipinski definition) is 1. The highest BCUT2D eigenvalue weighted by Crippen LogP contribution is 2.41. The van der Waals surface area contributed by atoms with Crippen LogP contribution in [0.4, 0.5) is 11.8 Å². The van der Waals surface area contributed by atoms with Crippen LogP contribution < -0.4 is 10.6 Å². The number of aryl methyl sites for hydroxylation is 1. The first kappa shape index (κ1) is 18.0. The molecule has 2 N–H and O–H groups in total. The van der Waals surface area contributed by atoms with E-state index >= 15 is 0 Å². The van der Waals surface area contributed by atoms with Gasteiger partial charge in [0.2, 0.25) is 5.95 Å². The Morgan fingerprint density at radius 1 is 1.14 bits per heavy atom. The molecule has 1 radical (unpaired) electrons. The average molecular weight is 403 g/mol. The van der Waals surface area contributed by atoms with Crippen molar-refractivity contribution in [3.05, 3.63) is 48.3 Å². The van der Waals surface area contributed by atoms with Gasteiger partial charge in [0.1, 0.15) is 0 Å². The third-order valence-corrected chi connectivity index (χ3v) is 6.28. The molecule has 0 saturated carbocycles. The minimum atomic E-state index is 0.234. The second-order valence-electron chi connectivity index (χ2n) is 6.83. The first-order chi connectivity index (χ1) is 14.2. The molecule has 4 aromatic rings. The lowest BCUT2D eigenvalue weighted by Crippen LogP contribution is -2.36. The maximum atomic E-state index is 5.65. The Morgan fingerprint density at radius 3 is 2.66 bits per heavy atom. The monoisotopic (exact) mass is 403 g/mol. The summed E-state index contributed by atoms with van der Waals surface area (Å²) in [6.07, 6.45) is 3.34. The standard InChI is InChI=1S/C21H19N6OS/c1-13-16-18(29-17(13)14-5-3-2-4-6-14)20(27-7-9-28-10-8-27)26-19(25-16)15-11-23-21(22)24-12-15/h2-3,5-6,11-12H,7-10H2,1H3,(H2,22,23,24). The van der Waals surface area contributed by atoms with Gasteiger partial charge in [0.05, 0.1) is 29.0 Å². The molecule has 4 heterocycles. The zero-order valence-electron chi connectivity index (χ0n) is 15.9. The fourth-order valence-corrected chi connectivity index (χ4v) is 4.72. The second-order valence-corrected chi connectivity index (χ2v) is 7.85. The van der Waals surface area contributed by atoms with Gasteiger partial charge in [0.25, 0.3) is 0 Å². The van der Waals surface area contributed by atoms with Crippen LogP contribution in [0.2, 0.25) is 0 Å². The Balaban J connectivity index is 1.73. The highest BCUT2D eigenvalue weighted by Gasteiger charge is 2.22. The maximum Gasteiger partial charge on any atom is 0.219 e. The fourth-order valence-electron chi connectivity index (χ4n) is 3.46. The van der Waals surface area contributed by atoms with Crippen LogP contribution in [0, 0.1) is 13.0 Å². The summed E-state index contributed by atoms with van der Waals surface area (Å²) in [5.74, 6) is 1.77. The summed E-state index contributed by atoms with van der Waals surface area (Å²) in [6, 6.07) is 11.2. The number of fused-ring (bicyclic) bond motifs is 1. The van der Waals surface area contributed by atoms with E-state index in [0.717, 1.165) is 45.8 Å². The third kappa shape index (κ3) is 3.30. The molecular weight excluding hydrogens is 384 g/mol. The van der Waals surface area contributed by atoms with E-state index in [0.29, 0.717) is 19.0 Å². The minimum absolute atomic E-state index is 0.234. The first-order valence-electron chi connectivity index (χ1n) is 9.39. The molecule has 0 amide bonds. The van der Waals surface area contributed by atoms with Gasteiger partial charge in [-0.05, 0) is 30.2 Å². The molecule has 8 heteroatoms. The third-order valence-electron chi connectivity index (χ3n) is 4.96. The number of ether oxygens (including phenoxy) is 1. The molecular formula is C21H19N6OS. The minimum Gasteiger partial charge on any atom is -0.378 e. The average Bonchev–Trinajstić information content (AvgIpc) is 3.11. The number of rotatable bonds is 3. The molecule has 5 rings (SSSR count). The van der Waals surface area contributed by atoms with Crippen molar-refractivity contribution in [2.75, 3.05) is 36.9 Å². The van der Waals surface area contributed by atoms with Crippen LogP contribution in [-0.4, -0.2) is 46.2 Å². The lowest BCUT2D eigenvalue weighted by atomic mass is 10.1. The van der Waals surface area contributed by atoms with Gasteiger partial charge in [-0.3, -0.25) is 0 Å². The van der Waals surface area contributed by atoms with Gasteiger partial charge in [-0.25, -0.2) is 19.9 Å². The Kier molecular flexibility index (Phi) is 4.57. The summed E-state index contributed by atoms with van der Waals surface area (Å²) >= 11 is 1.72. The predicted molar refractivity (Wildman–Crippen MR) is 115 cm³/mol. The van der Waals surface area contributed by atoms with Crippen LogP contribution in [0.1, 0.15) is 5.56 Å². The lowest BCUT2D eigenvalue weighted by Gasteiger charge is -2.28. The quantitative estimate of drug-likeness (QED) is 0.561. The Bertz CT molecular complexity index is 1150. The predicted octanol–water partition coefficient (Wildman–Crippen LogP) is 3.34. The number of thiophene rings is 1. The van der Waals surface area contributed by atoms with Crippen molar-refractivity contribution in [2.24, 2.45) is 0 Å². The van der Waals surface area contributed by atoms with Crippen LogP contribution in [0.25, 0.3) is 32.0 Å². The van der Waals surface area contributed by atoms with Crippen LogP contribution in [-0.2, 0) is 4.74 Å². The topological polar surface area (TPSA) is 90.0 Å². The Hall–Kier alpha value is -3.10. The highest BCUT2D eigenvalue weighted by molar-refractivity contribution is 7.23. The number of anilines is 2. The smallest absolute Gasteiger partial charge is 0.219 e. The second kappa shape index (κ2) is 7.38. The van der Waals surface area contributed by atoms with Crippen molar-refractivity contribution in [3.63, 3.8) is 0 Å². The van der Waals surface area contributed by atoms with E-state index < -0.39 is 0 Å². The molecule has 1 aliphatic heterocycles. The molecule has 0 bridgehead atoms.